The molecule has 418 valence electrons. The van der Waals surface area contributed by atoms with Crippen LogP contribution >= 0.6 is 0 Å². The van der Waals surface area contributed by atoms with Crippen LogP contribution in [0.15, 0.2) is 24.3 Å². The predicted octanol–water partition coefficient (Wildman–Crippen LogP) is 21.4. The maximum atomic E-state index is 12.9. The molecule has 71 heavy (non-hydrogen) atoms. The number of allylic oxidation sites excluding steroid dienone is 4. The van der Waals surface area contributed by atoms with Gasteiger partial charge in [-0.3, -0.25) is 14.4 Å². The molecular weight excluding hydrogens is 877 g/mol. The van der Waals surface area contributed by atoms with Gasteiger partial charge in [-0.25, -0.2) is 0 Å². The molecule has 0 rings (SSSR count). The maximum absolute atomic E-state index is 12.9. The quantitative estimate of drug-likeness (QED) is 0.0261. The van der Waals surface area contributed by atoms with Crippen molar-refractivity contribution in [2.75, 3.05) is 13.2 Å². The molecule has 0 N–H and O–H groups in total. The Balaban J connectivity index is 4.33. The highest BCUT2D eigenvalue weighted by atomic mass is 16.6. The molecule has 1 unspecified atom stereocenters. The molecule has 0 aromatic carbocycles. The van der Waals surface area contributed by atoms with E-state index in [1.807, 2.05) is 0 Å². The van der Waals surface area contributed by atoms with Crippen molar-refractivity contribution >= 4 is 17.9 Å². The summed E-state index contributed by atoms with van der Waals surface area (Å²) in [5.74, 6) is -0.852. The van der Waals surface area contributed by atoms with Crippen LogP contribution in [0.1, 0.15) is 355 Å². The standard InChI is InChI=1S/C65H122O6/c1-4-7-10-13-16-19-22-25-28-31-34-37-40-43-46-49-52-55-58-64(67)70-61-62(60-69-63(66)57-54-51-48-45-42-39-36-33-30-27-24-21-18-15-12-9-6-3)71-65(68)59-56-53-50-47-44-41-38-35-32-29-26-23-20-17-14-11-8-5-2/h28-29,31-32,62H,4-27,30,33-61H2,1-3H3/b31-28-,32-29-. The van der Waals surface area contributed by atoms with Gasteiger partial charge in [-0.05, 0) is 70.6 Å². The van der Waals surface area contributed by atoms with Gasteiger partial charge >= 0.3 is 17.9 Å². The van der Waals surface area contributed by atoms with E-state index in [9.17, 15) is 14.4 Å². The normalized spacial score (nSPS) is 12.1. The van der Waals surface area contributed by atoms with Gasteiger partial charge in [0.05, 0.1) is 0 Å². The van der Waals surface area contributed by atoms with Crippen molar-refractivity contribution in [1.29, 1.82) is 0 Å². The molecule has 0 aromatic heterocycles. The second-order valence-corrected chi connectivity index (χ2v) is 21.7. The number of hydrogen-bond acceptors (Lipinski definition) is 6. The molecule has 0 aliphatic carbocycles. The van der Waals surface area contributed by atoms with Crippen LogP contribution in [0, 0.1) is 0 Å². The largest absolute Gasteiger partial charge is 0.462 e. The highest BCUT2D eigenvalue weighted by Crippen LogP contribution is 2.17. The van der Waals surface area contributed by atoms with Crippen molar-refractivity contribution in [3.8, 4) is 0 Å². The highest BCUT2D eigenvalue weighted by Gasteiger charge is 2.19. The van der Waals surface area contributed by atoms with Gasteiger partial charge in [0.15, 0.2) is 6.10 Å². The van der Waals surface area contributed by atoms with Crippen LogP contribution in [0.25, 0.3) is 0 Å². The van der Waals surface area contributed by atoms with Crippen LogP contribution in [-0.2, 0) is 28.6 Å². The molecular formula is C65H122O6. The lowest BCUT2D eigenvalue weighted by Crippen LogP contribution is -2.30. The van der Waals surface area contributed by atoms with E-state index in [4.69, 9.17) is 14.2 Å². The van der Waals surface area contributed by atoms with Gasteiger partial charge in [0, 0.05) is 19.3 Å². The maximum Gasteiger partial charge on any atom is 0.306 e. The number of carbonyl (C=O) groups is 3. The summed E-state index contributed by atoms with van der Waals surface area (Å²) < 4.78 is 16.9. The molecule has 6 nitrogen and oxygen atoms in total. The average Bonchev–Trinajstić information content (AvgIpc) is 3.37. The smallest absolute Gasteiger partial charge is 0.306 e. The number of ether oxygens (including phenoxy) is 3. The molecule has 0 aromatic rings. The first-order valence-corrected chi connectivity index (χ1v) is 31.8. The van der Waals surface area contributed by atoms with Gasteiger partial charge in [0.25, 0.3) is 0 Å². The zero-order valence-corrected chi connectivity index (χ0v) is 48.0. The Labute approximate surface area is 443 Å². The minimum atomic E-state index is -0.772. The third kappa shape index (κ3) is 58.7. The second kappa shape index (κ2) is 60.4. The monoisotopic (exact) mass is 999 g/mol. The molecule has 0 fully saturated rings. The molecule has 0 aliphatic heterocycles. The third-order valence-electron chi connectivity index (χ3n) is 14.4. The first kappa shape index (κ1) is 68.9. The fourth-order valence-corrected chi connectivity index (χ4v) is 9.61. The summed E-state index contributed by atoms with van der Waals surface area (Å²) in [5.41, 5.74) is 0. The van der Waals surface area contributed by atoms with Crippen molar-refractivity contribution < 1.29 is 28.6 Å². The van der Waals surface area contributed by atoms with Gasteiger partial charge in [0.2, 0.25) is 0 Å². The van der Waals surface area contributed by atoms with Crippen LogP contribution in [0.4, 0.5) is 0 Å². The summed E-state index contributed by atoms with van der Waals surface area (Å²) in [6, 6.07) is 0. The van der Waals surface area contributed by atoms with E-state index in [2.05, 4.69) is 45.1 Å². The van der Waals surface area contributed by atoms with Gasteiger partial charge in [-0.15, -0.1) is 0 Å². The van der Waals surface area contributed by atoms with E-state index >= 15 is 0 Å². The summed E-state index contributed by atoms with van der Waals surface area (Å²) in [6.07, 6.45) is 71.7. The zero-order chi connectivity index (χ0) is 51.4. The molecule has 0 radical (unpaired) electrons. The Kier molecular flexibility index (Phi) is 58.6. The number of carbonyl (C=O) groups excluding carboxylic acids is 3. The first-order valence-electron chi connectivity index (χ1n) is 31.8. The van der Waals surface area contributed by atoms with Crippen molar-refractivity contribution in [2.24, 2.45) is 0 Å². The van der Waals surface area contributed by atoms with E-state index in [-0.39, 0.29) is 31.1 Å². The molecule has 0 heterocycles. The van der Waals surface area contributed by atoms with Gasteiger partial charge in [-0.2, -0.15) is 0 Å². The molecule has 6 heteroatoms. The molecule has 0 spiro atoms. The van der Waals surface area contributed by atoms with Crippen LogP contribution in [0.2, 0.25) is 0 Å². The summed E-state index contributed by atoms with van der Waals surface area (Å²) in [6.45, 7) is 6.70. The Morgan fingerprint density at radius 3 is 0.704 bits per heavy atom. The number of rotatable bonds is 59. The van der Waals surface area contributed by atoms with Crippen molar-refractivity contribution in [1.82, 2.24) is 0 Å². The van der Waals surface area contributed by atoms with E-state index in [0.717, 1.165) is 57.8 Å². The summed E-state index contributed by atoms with van der Waals surface area (Å²) in [4.78, 5) is 38.3. The summed E-state index contributed by atoms with van der Waals surface area (Å²) in [7, 11) is 0. The lowest BCUT2D eigenvalue weighted by Gasteiger charge is -2.18. The van der Waals surface area contributed by atoms with Gasteiger partial charge in [-0.1, -0.05) is 289 Å². The summed E-state index contributed by atoms with van der Waals surface area (Å²) in [5, 5.41) is 0. The Morgan fingerprint density at radius 1 is 0.268 bits per heavy atom. The zero-order valence-electron chi connectivity index (χ0n) is 48.0. The number of esters is 3. The lowest BCUT2D eigenvalue weighted by atomic mass is 10.0. The van der Waals surface area contributed by atoms with Crippen LogP contribution < -0.4 is 0 Å². The Morgan fingerprint density at radius 2 is 0.465 bits per heavy atom. The van der Waals surface area contributed by atoms with Crippen LogP contribution in [-0.4, -0.2) is 37.2 Å². The molecule has 0 bridgehead atoms. The van der Waals surface area contributed by atoms with E-state index < -0.39 is 6.10 Å². The second-order valence-electron chi connectivity index (χ2n) is 21.7. The fraction of sp³-hybridized carbons (Fsp3) is 0.892. The number of hydrogen-bond donors (Lipinski definition) is 0. The predicted molar refractivity (Wildman–Crippen MR) is 307 cm³/mol. The van der Waals surface area contributed by atoms with E-state index in [1.54, 1.807) is 0 Å². The summed E-state index contributed by atoms with van der Waals surface area (Å²) >= 11 is 0. The van der Waals surface area contributed by atoms with Crippen molar-refractivity contribution in [3.63, 3.8) is 0 Å². The number of unbranched alkanes of at least 4 members (excludes halogenated alkanes) is 44. The fourth-order valence-electron chi connectivity index (χ4n) is 9.61. The minimum absolute atomic E-state index is 0.0693. The Bertz CT molecular complexity index is 1150. The van der Waals surface area contributed by atoms with Gasteiger partial charge in [0.1, 0.15) is 13.2 Å². The average molecular weight is 1000 g/mol. The molecule has 0 aliphatic rings. The van der Waals surface area contributed by atoms with Crippen molar-refractivity contribution in [2.45, 2.75) is 361 Å². The van der Waals surface area contributed by atoms with Crippen molar-refractivity contribution in [3.05, 3.63) is 24.3 Å². The van der Waals surface area contributed by atoms with E-state index in [0.29, 0.717) is 19.3 Å². The molecule has 1 atom stereocenters. The van der Waals surface area contributed by atoms with Crippen LogP contribution in [0.3, 0.4) is 0 Å². The lowest BCUT2D eigenvalue weighted by molar-refractivity contribution is -0.167. The minimum Gasteiger partial charge on any atom is -0.462 e. The SMILES string of the molecule is CCCCCCCCC/C=C\CCCCCCCCCC(=O)OCC(COC(=O)CCCCCCCCCCCCCCCCCCC)OC(=O)CCCCCCCCC/C=C\CCCCCCCCC. The first-order chi connectivity index (χ1) is 35.0. The topological polar surface area (TPSA) is 78.9 Å². The van der Waals surface area contributed by atoms with Gasteiger partial charge < -0.3 is 14.2 Å². The van der Waals surface area contributed by atoms with Crippen LogP contribution in [0.5, 0.6) is 0 Å². The molecule has 0 saturated carbocycles. The molecule has 0 saturated heterocycles. The third-order valence-corrected chi connectivity index (χ3v) is 14.4. The molecule has 0 amide bonds. The Hall–Kier alpha value is -2.11. The van der Waals surface area contributed by atoms with E-state index in [1.165, 1.54) is 257 Å². The highest BCUT2D eigenvalue weighted by molar-refractivity contribution is 5.71.